The van der Waals surface area contributed by atoms with Crippen LogP contribution in [0, 0.1) is 20.8 Å². The second-order valence-corrected chi connectivity index (χ2v) is 6.79. The molecule has 0 bridgehead atoms. The number of hydrogen-bond acceptors (Lipinski definition) is 3. The molecule has 1 aromatic heterocycles. The third kappa shape index (κ3) is 3.81. The van der Waals surface area contributed by atoms with Crippen molar-refractivity contribution >= 4 is 28.7 Å². The van der Waals surface area contributed by atoms with Crippen LogP contribution in [0.2, 0.25) is 0 Å². The van der Waals surface area contributed by atoms with Crippen molar-refractivity contribution in [2.75, 3.05) is 10.6 Å². The number of carbonyl (C=O) groups excluding carboxylic acids is 1. The minimum absolute atomic E-state index is 0.254. The van der Waals surface area contributed by atoms with Crippen LogP contribution < -0.4 is 10.6 Å². The van der Waals surface area contributed by atoms with Gasteiger partial charge in [0, 0.05) is 22.3 Å². The Labute approximate surface area is 145 Å². The maximum absolute atomic E-state index is 12.3. The summed E-state index contributed by atoms with van der Waals surface area (Å²) in [5, 5.41) is 8.82. The number of benzene rings is 2. The normalized spacial score (nSPS) is 10.5. The molecule has 0 spiro atoms. The van der Waals surface area contributed by atoms with Crippen LogP contribution >= 0.6 is 11.3 Å². The van der Waals surface area contributed by atoms with Gasteiger partial charge in [0.25, 0.3) is 0 Å². The summed E-state index contributed by atoms with van der Waals surface area (Å²) in [6.45, 7) is 5.95. The molecule has 0 atom stereocenters. The molecule has 2 N–H and O–H groups in total. The highest BCUT2D eigenvalue weighted by atomic mass is 32.1. The van der Waals surface area contributed by atoms with E-state index < -0.39 is 0 Å². The summed E-state index contributed by atoms with van der Waals surface area (Å²) in [4.78, 5) is 16.7. The summed E-state index contributed by atoms with van der Waals surface area (Å²) in [7, 11) is 0. The maximum atomic E-state index is 12.3. The number of amides is 2. The van der Waals surface area contributed by atoms with Crippen LogP contribution in [0.1, 0.15) is 16.1 Å². The van der Waals surface area contributed by atoms with Gasteiger partial charge in [0.1, 0.15) is 0 Å². The third-order valence-electron chi connectivity index (χ3n) is 3.68. The van der Waals surface area contributed by atoms with Gasteiger partial charge in [-0.05, 0) is 50.1 Å². The molecule has 0 aliphatic rings. The molecule has 2 amide bonds. The van der Waals surface area contributed by atoms with Gasteiger partial charge in [-0.25, -0.2) is 9.78 Å². The van der Waals surface area contributed by atoms with Crippen molar-refractivity contribution in [3.8, 4) is 11.3 Å². The van der Waals surface area contributed by atoms with Gasteiger partial charge in [-0.15, -0.1) is 11.3 Å². The van der Waals surface area contributed by atoms with Gasteiger partial charge in [-0.2, -0.15) is 0 Å². The number of aromatic nitrogens is 1. The molecule has 0 aliphatic heterocycles. The molecule has 0 aliphatic carbocycles. The zero-order chi connectivity index (χ0) is 17.1. The van der Waals surface area contributed by atoms with Crippen LogP contribution in [-0.2, 0) is 0 Å². The topological polar surface area (TPSA) is 54.0 Å². The molecule has 24 heavy (non-hydrogen) atoms. The van der Waals surface area contributed by atoms with E-state index in [1.54, 1.807) is 11.3 Å². The summed E-state index contributed by atoms with van der Waals surface area (Å²) in [6.07, 6.45) is 0. The van der Waals surface area contributed by atoms with Gasteiger partial charge < -0.3 is 10.6 Å². The Morgan fingerprint density at radius 3 is 2.62 bits per heavy atom. The Morgan fingerprint density at radius 2 is 1.88 bits per heavy atom. The summed E-state index contributed by atoms with van der Waals surface area (Å²) in [5.74, 6) is 0. The van der Waals surface area contributed by atoms with Crippen LogP contribution in [0.15, 0.2) is 47.8 Å². The van der Waals surface area contributed by atoms with Gasteiger partial charge in [0.2, 0.25) is 0 Å². The Balaban J connectivity index is 1.74. The van der Waals surface area contributed by atoms with Crippen LogP contribution in [-0.4, -0.2) is 11.0 Å². The minimum Gasteiger partial charge on any atom is -0.308 e. The zero-order valence-corrected chi connectivity index (χ0v) is 14.7. The van der Waals surface area contributed by atoms with Crippen LogP contribution in [0.3, 0.4) is 0 Å². The lowest BCUT2D eigenvalue weighted by Gasteiger charge is -2.11. The number of aryl methyl sites for hydroxylation is 3. The van der Waals surface area contributed by atoms with Gasteiger partial charge in [-0.1, -0.05) is 24.3 Å². The number of carbonyl (C=O) groups is 1. The fraction of sp³-hybridized carbons (Fsp3) is 0.158. The first kappa shape index (κ1) is 16.2. The second-order valence-electron chi connectivity index (χ2n) is 5.73. The first-order valence-corrected chi connectivity index (χ1v) is 8.57. The lowest BCUT2D eigenvalue weighted by Crippen LogP contribution is -2.20. The van der Waals surface area contributed by atoms with Crippen molar-refractivity contribution in [2.45, 2.75) is 20.8 Å². The zero-order valence-electron chi connectivity index (χ0n) is 13.9. The summed E-state index contributed by atoms with van der Waals surface area (Å²) >= 11 is 1.61. The number of urea groups is 1. The van der Waals surface area contributed by atoms with Crippen molar-refractivity contribution in [3.63, 3.8) is 0 Å². The highest BCUT2D eigenvalue weighted by Gasteiger charge is 2.07. The van der Waals surface area contributed by atoms with E-state index in [9.17, 15) is 4.79 Å². The predicted molar refractivity (Wildman–Crippen MR) is 101 cm³/mol. The summed E-state index contributed by atoms with van der Waals surface area (Å²) in [6, 6.07) is 13.4. The number of anilines is 2. The number of rotatable bonds is 3. The van der Waals surface area contributed by atoms with Crippen molar-refractivity contribution in [1.29, 1.82) is 0 Å². The molecule has 0 saturated carbocycles. The van der Waals surface area contributed by atoms with Crippen LogP contribution in [0.5, 0.6) is 0 Å². The molecule has 4 nitrogen and oxygen atoms in total. The molecule has 0 saturated heterocycles. The molecule has 2 aromatic carbocycles. The molecule has 0 fully saturated rings. The molecule has 3 aromatic rings. The summed E-state index contributed by atoms with van der Waals surface area (Å²) in [5.41, 5.74) is 5.61. The fourth-order valence-electron chi connectivity index (χ4n) is 2.41. The number of nitrogens with one attached hydrogen (secondary N) is 2. The maximum Gasteiger partial charge on any atom is 0.323 e. The van der Waals surface area contributed by atoms with Gasteiger partial charge in [-0.3, -0.25) is 0 Å². The van der Waals surface area contributed by atoms with Gasteiger partial charge in [0.05, 0.1) is 10.7 Å². The van der Waals surface area contributed by atoms with Crippen molar-refractivity contribution in [2.24, 2.45) is 0 Å². The predicted octanol–water partition coefficient (Wildman–Crippen LogP) is 5.38. The van der Waals surface area contributed by atoms with E-state index in [2.05, 4.69) is 15.6 Å². The number of thiazole rings is 1. The molecule has 5 heteroatoms. The van der Waals surface area contributed by atoms with Crippen LogP contribution in [0.4, 0.5) is 16.2 Å². The van der Waals surface area contributed by atoms with Gasteiger partial charge in [0.15, 0.2) is 0 Å². The third-order valence-corrected chi connectivity index (χ3v) is 4.45. The standard InChI is InChI=1S/C19H19N3OS/c1-12-7-8-13(2)17(9-12)22-19(23)21-16-6-4-5-15(10-16)18-11-24-14(3)20-18/h4-11H,1-3H3,(H2,21,22,23). The molecule has 0 unspecified atom stereocenters. The second kappa shape index (κ2) is 6.84. The van der Waals surface area contributed by atoms with E-state index in [1.807, 2.05) is 68.6 Å². The first-order valence-electron chi connectivity index (χ1n) is 7.69. The molecule has 122 valence electrons. The molecule has 3 rings (SSSR count). The van der Waals surface area contributed by atoms with Crippen molar-refractivity contribution < 1.29 is 4.79 Å². The van der Waals surface area contributed by atoms with E-state index in [4.69, 9.17) is 0 Å². The van der Waals surface area contributed by atoms with E-state index in [-0.39, 0.29) is 6.03 Å². The highest BCUT2D eigenvalue weighted by Crippen LogP contribution is 2.24. The van der Waals surface area contributed by atoms with E-state index in [1.165, 1.54) is 0 Å². The average Bonchev–Trinajstić information content (AvgIpc) is 2.98. The Hall–Kier alpha value is -2.66. The van der Waals surface area contributed by atoms with E-state index >= 15 is 0 Å². The smallest absolute Gasteiger partial charge is 0.308 e. The van der Waals surface area contributed by atoms with Gasteiger partial charge >= 0.3 is 6.03 Å². The molecule has 1 heterocycles. The lowest BCUT2D eigenvalue weighted by molar-refractivity contribution is 0.262. The van der Waals surface area contributed by atoms with E-state index in [0.29, 0.717) is 0 Å². The molecular formula is C19H19N3OS. The molecule has 0 radical (unpaired) electrons. The first-order chi connectivity index (χ1) is 11.5. The SMILES string of the molecule is Cc1ccc(C)c(NC(=O)Nc2cccc(-c3csc(C)n3)c2)c1. The Morgan fingerprint density at radius 1 is 1.04 bits per heavy atom. The number of nitrogens with zero attached hydrogens (tertiary/aromatic N) is 1. The minimum atomic E-state index is -0.254. The lowest BCUT2D eigenvalue weighted by atomic mass is 10.1. The van der Waals surface area contributed by atoms with Crippen molar-refractivity contribution in [1.82, 2.24) is 4.98 Å². The number of hydrogen-bond donors (Lipinski definition) is 2. The fourth-order valence-corrected chi connectivity index (χ4v) is 3.03. The Bertz CT molecular complexity index is 886. The molecular weight excluding hydrogens is 318 g/mol. The monoisotopic (exact) mass is 337 g/mol. The quantitative estimate of drug-likeness (QED) is 0.674. The summed E-state index contributed by atoms with van der Waals surface area (Å²) < 4.78 is 0. The van der Waals surface area contributed by atoms with E-state index in [0.717, 1.165) is 38.8 Å². The average molecular weight is 337 g/mol. The van der Waals surface area contributed by atoms with Crippen LogP contribution in [0.25, 0.3) is 11.3 Å². The van der Waals surface area contributed by atoms with Crippen molar-refractivity contribution in [3.05, 3.63) is 64.0 Å². The largest absolute Gasteiger partial charge is 0.323 e. The Kier molecular flexibility index (Phi) is 4.62. The highest BCUT2D eigenvalue weighted by molar-refractivity contribution is 7.09.